The van der Waals surface area contributed by atoms with Crippen molar-refractivity contribution in [2.24, 2.45) is 5.92 Å². The van der Waals surface area contributed by atoms with Crippen LogP contribution in [-0.4, -0.2) is 13.6 Å². The van der Waals surface area contributed by atoms with Crippen LogP contribution in [-0.2, 0) is 0 Å². The first-order chi connectivity index (χ1) is 7.54. The van der Waals surface area contributed by atoms with Gasteiger partial charge in [0.15, 0.2) is 0 Å². The summed E-state index contributed by atoms with van der Waals surface area (Å²) in [4.78, 5) is 2.21. The van der Waals surface area contributed by atoms with E-state index in [1.807, 2.05) is 18.2 Å². The summed E-state index contributed by atoms with van der Waals surface area (Å²) in [6.45, 7) is 5.48. The van der Waals surface area contributed by atoms with E-state index in [9.17, 15) is 0 Å². The van der Waals surface area contributed by atoms with Gasteiger partial charge < -0.3 is 4.90 Å². The Labute approximate surface area is 106 Å². The smallest absolute Gasteiger partial charge is 0.0992 e. The van der Waals surface area contributed by atoms with E-state index in [0.717, 1.165) is 16.7 Å². The molecule has 0 aromatic heterocycles. The molecule has 0 fully saturated rings. The zero-order valence-corrected chi connectivity index (χ0v) is 11.6. The highest BCUT2D eigenvalue weighted by atomic mass is 79.9. The van der Waals surface area contributed by atoms with Crippen molar-refractivity contribution in [3.63, 3.8) is 0 Å². The number of halogens is 1. The number of hydrogen-bond acceptors (Lipinski definition) is 2. The van der Waals surface area contributed by atoms with Crippen LogP contribution in [0.25, 0.3) is 0 Å². The molecule has 0 spiro atoms. The third kappa shape index (κ3) is 3.53. The summed E-state index contributed by atoms with van der Waals surface area (Å²) in [5, 5.41) is 8.78. The van der Waals surface area contributed by atoms with Crippen molar-refractivity contribution in [1.82, 2.24) is 0 Å². The van der Waals surface area contributed by atoms with Crippen molar-refractivity contribution in [1.29, 1.82) is 5.26 Å². The van der Waals surface area contributed by atoms with Gasteiger partial charge in [0.05, 0.1) is 17.3 Å². The van der Waals surface area contributed by atoms with Crippen LogP contribution < -0.4 is 4.90 Å². The van der Waals surface area contributed by atoms with Gasteiger partial charge in [-0.15, -0.1) is 0 Å². The molecule has 16 heavy (non-hydrogen) atoms. The SMILES string of the molecule is CC(C)CCN(C)c1ccc(C#N)cc1Br. The molecule has 0 aliphatic heterocycles. The Morgan fingerprint density at radius 2 is 2.12 bits per heavy atom. The van der Waals surface area contributed by atoms with Crippen LogP contribution in [0.2, 0.25) is 0 Å². The van der Waals surface area contributed by atoms with E-state index in [1.54, 1.807) is 0 Å². The molecule has 0 unspecified atom stereocenters. The summed E-state index contributed by atoms with van der Waals surface area (Å²) in [5.74, 6) is 0.708. The lowest BCUT2D eigenvalue weighted by Gasteiger charge is -2.21. The Morgan fingerprint density at radius 1 is 1.44 bits per heavy atom. The van der Waals surface area contributed by atoms with Gasteiger partial charge in [-0.3, -0.25) is 0 Å². The Bertz CT molecular complexity index is 393. The molecule has 0 atom stereocenters. The molecular formula is C13H17BrN2. The molecule has 0 bridgehead atoms. The van der Waals surface area contributed by atoms with Crippen LogP contribution in [0.4, 0.5) is 5.69 Å². The Hall–Kier alpha value is -1.01. The van der Waals surface area contributed by atoms with Crippen LogP contribution in [0, 0.1) is 17.2 Å². The van der Waals surface area contributed by atoms with E-state index in [2.05, 4.69) is 47.8 Å². The minimum atomic E-state index is 0.688. The van der Waals surface area contributed by atoms with Gasteiger partial charge in [-0.1, -0.05) is 13.8 Å². The quantitative estimate of drug-likeness (QED) is 0.839. The second kappa shape index (κ2) is 5.91. The summed E-state index contributed by atoms with van der Waals surface area (Å²) in [6, 6.07) is 7.84. The first kappa shape index (κ1) is 13.1. The standard InChI is InChI=1S/C13H17BrN2/c1-10(2)6-7-16(3)13-5-4-11(9-15)8-12(13)14/h4-5,8,10H,6-7H2,1-3H3. The first-order valence-corrected chi connectivity index (χ1v) is 6.24. The molecule has 0 aliphatic carbocycles. The fraction of sp³-hybridized carbons (Fsp3) is 0.462. The van der Waals surface area contributed by atoms with Gasteiger partial charge in [-0.25, -0.2) is 0 Å². The summed E-state index contributed by atoms with van der Waals surface area (Å²) in [7, 11) is 2.08. The maximum atomic E-state index is 8.78. The maximum absolute atomic E-state index is 8.78. The fourth-order valence-electron chi connectivity index (χ4n) is 1.46. The molecule has 0 aliphatic rings. The predicted molar refractivity (Wildman–Crippen MR) is 71.6 cm³/mol. The second-order valence-corrected chi connectivity index (χ2v) is 5.24. The molecule has 86 valence electrons. The molecule has 1 aromatic carbocycles. The molecule has 0 saturated carbocycles. The van der Waals surface area contributed by atoms with Crippen LogP contribution >= 0.6 is 15.9 Å². The summed E-state index contributed by atoms with van der Waals surface area (Å²) >= 11 is 3.50. The number of nitrogens with zero attached hydrogens (tertiary/aromatic N) is 2. The average Bonchev–Trinajstić information content (AvgIpc) is 2.25. The van der Waals surface area contributed by atoms with Crippen molar-refractivity contribution in [3.05, 3.63) is 28.2 Å². The average molecular weight is 281 g/mol. The topological polar surface area (TPSA) is 27.0 Å². The minimum absolute atomic E-state index is 0.688. The van der Waals surface area contributed by atoms with E-state index in [4.69, 9.17) is 5.26 Å². The van der Waals surface area contributed by atoms with E-state index < -0.39 is 0 Å². The molecule has 2 nitrogen and oxygen atoms in total. The Morgan fingerprint density at radius 3 is 2.62 bits per heavy atom. The van der Waals surface area contributed by atoms with E-state index >= 15 is 0 Å². The monoisotopic (exact) mass is 280 g/mol. The van der Waals surface area contributed by atoms with Crippen LogP contribution in [0.1, 0.15) is 25.8 Å². The fourth-order valence-corrected chi connectivity index (χ4v) is 2.14. The molecular weight excluding hydrogens is 264 g/mol. The highest BCUT2D eigenvalue weighted by Crippen LogP contribution is 2.26. The van der Waals surface area contributed by atoms with Crippen LogP contribution in [0.3, 0.4) is 0 Å². The predicted octanol–water partition coefficient (Wildman–Crippen LogP) is 3.80. The minimum Gasteiger partial charge on any atom is -0.374 e. The lowest BCUT2D eigenvalue weighted by molar-refractivity contribution is 0.585. The zero-order chi connectivity index (χ0) is 12.1. The van der Waals surface area contributed by atoms with Crippen molar-refractivity contribution in [2.45, 2.75) is 20.3 Å². The Balaban J connectivity index is 2.76. The van der Waals surface area contributed by atoms with Gasteiger partial charge in [-0.05, 0) is 46.5 Å². The van der Waals surface area contributed by atoms with Crippen molar-refractivity contribution >= 4 is 21.6 Å². The summed E-state index contributed by atoms with van der Waals surface area (Å²) < 4.78 is 0.984. The number of anilines is 1. The van der Waals surface area contributed by atoms with Crippen LogP contribution in [0.15, 0.2) is 22.7 Å². The molecule has 3 heteroatoms. The lowest BCUT2D eigenvalue weighted by Crippen LogP contribution is -2.20. The van der Waals surface area contributed by atoms with Crippen molar-refractivity contribution in [3.8, 4) is 6.07 Å². The molecule has 0 N–H and O–H groups in total. The third-order valence-electron chi connectivity index (χ3n) is 2.53. The van der Waals surface area contributed by atoms with Gasteiger partial charge in [0.2, 0.25) is 0 Å². The van der Waals surface area contributed by atoms with E-state index in [0.29, 0.717) is 11.5 Å². The highest BCUT2D eigenvalue weighted by Gasteiger charge is 2.07. The molecule has 1 rings (SSSR count). The highest BCUT2D eigenvalue weighted by molar-refractivity contribution is 9.10. The molecule has 0 heterocycles. The number of nitriles is 1. The molecule has 0 radical (unpaired) electrons. The number of benzene rings is 1. The van der Waals surface area contributed by atoms with Crippen molar-refractivity contribution < 1.29 is 0 Å². The number of hydrogen-bond donors (Lipinski definition) is 0. The molecule has 1 aromatic rings. The number of rotatable bonds is 4. The first-order valence-electron chi connectivity index (χ1n) is 5.45. The van der Waals surface area contributed by atoms with Gasteiger partial charge >= 0.3 is 0 Å². The largest absolute Gasteiger partial charge is 0.374 e. The summed E-state index contributed by atoms with van der Waals surface area (Å²) in [5.41, 5.74) is 1.83. The summed E-state index contributed by atoms with van der Waals surface area (Å²) in [6.07, 6.45) is 1.17. The second-order valence-electron chi connectivity index (χ2n) is 4.38. The zero-order valence-electron chi connectivity index (χ0n) is 10.00. The van der Waals surface area contributed by atoms with E-state index in [1.165, 1.54) is 6.42 Å². The van der Waals surface area contributed by atoms with Gasteiger partial charge in [0.1, 0.15) is 0 Å². The normalized spacial score (nSPS) is 10.2. The lowest BCUT2D eigenvalue weighted by atomic mass is 10.1. The van der Waals surface area contributed by atoms with E-state index in [-0.39, 0.29) is 0 Å². The molecule has 0 saturated heterocycles. The van der Waals surface area contributed by atoms with Gasteiger partial charge in [0, 0.05) is 18.1 Å². The third-order valence-corrected chi connectivity index (χ3v) is 3.17. The van der Waals surface area contributed by atoms with Gasteiger partial charge in [-0.2, -0.15) is 5.26 Å². The maximum Gasteiger partial charge on any atom is 0.0992 e. The Kier molecular flexibility index (Phi) is 4.82. The molecule has 0 amide bonds. The van der Waals surface area contributed by atoms with Crippen molar-refractivity contribution in [2.75, 3.05) is 18.5 Å². The van der Waals surface area contributed by atoms with Gasteiger partial charge in [0.25, 0.3) is 0 Å². The van der Waals surface area contributed by atoms with Crippen LogP contribution in [0.5, 0.6) is 0 Å².